The monoisotopic (exact) mass is 401 g/mol. The summed E-state index contributed by atoms with van der Waals surface area (Å²) in [5, 5.41) is 5.22. The van der Waals surface area contributed by atoms with E-state index in [0.717, 1.165) is 0 Å². The van der Waals surface area contributed by atoms with Crippen molar-refractivity contribution in [2.45, 2.75) is 58.6 Å². The van der Waals surface area contributed by atoms with Gasteiger partial charge in [0.2, 0.25) is 0 Å². The Morgan fingerprint density at radius 1 is 1.07 bits per heavy atom. The molecule has 0 aromatic carbocycles. The molecule has 0 spiro atoms. The Bertz CT molecular complexity index is 552. The summed E-state index contributed by atoms with van der Waals surface area (Å²) in [4.78, 5) is 48.2. The molecule has 1 aliphatic heterocycles. The number of hydrogen-bond acceptors (Lipinski definition) is 7. The predicted octanol–water partition coefficient (Wildman–Crippen LogP) is 1.18. The van der Waals surface area contributed by atoms with Gasteiger partial charge in [-0.15, -0.1) is 0 Å². The molecule has 3 amide bonds. The summed E-state index contributed by atoms with van der Waals surface area (Å²) < 4.78 is 14.9. The van der Waals surface area contributed by atoms with Crippen LogP contribution in [0.1, 0.15) is 47.0 Å². The lowest BCUT2D eigenvalue weighted by Crippen LogP contribution is -2.47. The van der Waals surface area contributed by atoms with Crippen molar-refractivity contribution >= 4 is 24.1 Å². The summed E-state index contributed by atoms with van der Waals surface area (Å²) in [6.45, 7) is 7.96. The Morgan fingerprint density at radius 2 is 1.71 bits per heavy atom. The van der Waals surface area contributed by atoms with E-state index in [1.54, 1.807) is 32.6 Å². The van der Waals surface area contributed by atoms with Crippen LogP contribution in [0.4, 0.5) is 9.59 Å². The molecule has 0 bridgehead atoms. The first-order valence-electron chi connectivity index (χ1n) is 9.44. The van der Waals surface area contributed by atoms with Crippen molar-refractivity contribution in [1.82, 2.24) is 15.5 Å². The molecule has 0 radical (unpaired) electrons. The minimum absolute atomic E-state index is 0.0572. The minimum atomic E-state index is -0.618. The second kappa shape index (κ2) is 11.4. The Hall–Kier alpha value is -2.52. The lowest BCUT2D eigenvalue weighted by Gasteiger charge is -2.31. The van der Waals surface area contributed by atoms with Gasteiger partial charge in [-0.05, 0) is 40.5 Å². The zero-order valence-corrected chi connectivity index (χ0v) is 17.0. The third kappa shape index (κ3) is 9.98. The average Bonchev–Trinajstić information content (AvgIpc) is 2.59. The number of hydrogen-bond donors (Lipinski definition) is 2. The van der Waals surface area contributed by atoms with Crippen molar-refractivity contribution in [3.63, 3.8) is 0 Å². The number of piperidine rings is 1. The third-order valence-corrected chi connectivity index (χ3v) is 3.75. The van der Waals surface area contributed by atoms with Gasteiger partial charge >= 0.3 is 18.2 Å². The molecule has 28 heavy (non-hydrogen) atoms. The first-order valence-corrected chi connectivity index (χ1v) is 9.44. The largest absolute Gasteiger partial charge is 0.456 e. The summed E-state index contributed by atoms with van der Waals surface area (Å²) in [5.74, 6) is -0.994. The molecule has 0 unspecified atom stereocenters. The Labute approximate surface area is 165 Å². The van der Waals surface area contributed by atoms with Crippen LogP contribution in [0.2, 0.25) is 0 Å². The van der Waals surface area contributed by atoms with E-state index in [1.165, 1.54) is 0 Å². The van der Waals surface area contributed by atoms with Gasteiger partial charge in [0.1, 0.15) is 5.60 Å². The standard InChI is InChI=1S/C18H31N3O7/c1-5-26-17(25)21-10-7-13(8-11-21)20-14(22)12-27-15(23)6-9-19-16(24)28-18(2,3)4/h13H,5-12H2,1-4H3,(H,19,24)(H,20,22). The van der Waals surface area contributed by atoms with E-state index < -0.39 is 23.6 Å². The van der Waals surface area contributed by atoms with Crippen molar-refractivity contribution in [2.24, 2.45) is 0 Å². The van der Waals surface area contributed by atoms with Crippen LogP contribution in [0, 0.1) is 0 Å². The molecule has 0 aliphatic carbocycles. The zero-order chi connectivity index (χ0) is 21.2. The summed E-state index contributed by atoms with van der Waals surface area (Å²) in [5.41, 5.74) is -0.616. The van der Waals surface area contributed by atoms with Crippen molar-refractivity contribution in [1.29, 1.82) is 0 Å². The Balaban J connectivity index is 2.15. The van der Waals surface area contributed by atoms with E-state index in [4.69, 9.17) is 14.2 Å². The molecule has 160 valence electrons. The van der Waals surface area contributed by atoms with Gasteiger partial charge < -0.3 is 29.7 Å². The number of rotatable bonds is 7. The van der Waals surface area contributed by atoms with Crippen LogP contribution < -0.4 is 10.6 Å². The molecule has 1 saturated heterocycles. The van der Waals surface area contributed by atoms with Crippen LogP contribution in [-0.4, -0.2) is 73.5 Å². The number of nitrogens with one attached hydrogen (secondary N) is 2. The first-order chi connectivity index (χ1) is 13.1. The highest BCUT2D eigenvalue weighted by Gasteiger charge is 2.24. The van der Waals surface area contributed by atoms with Crippen LogP contribution >= 0.6 is 0 Å². The lowest BCUT2D eigenvalue weighted by atomic mass is 10.1. The highest BCUT2D eigenvalue weighted by molar-refractivity contribution is 5.81. The number of likely N-dealkylation sites (tertiary alicyclic amines) is 1. The van der Waals surface area contributed by atoms with Crippen LogP contribution in [0.15, 0.2) is 0 Å². The number of amides is 3. The highest BCUT2D eigenvalue weighted by Crippen LogP contribution is 2.11. The van der Waals surface area contributed by atoms with Crippen LogP contribution in [-0.2, 0) is 23.8 Å². The quantitative estimate of drug-likeness (QED) is 0.485. The Kier molecular flexibility index (Phi) is 9.54. The number of carbonyl (C=O) groups is 4. The Morgan fingerprint density at radius 3 is 2.29 bits per heavy atom. The summed E-state index contributed by atoms with van der Waals surface area (Å²) >= 11 is 0. The van der Waals surface area contributed by atoms with E-state index in [9.17, 15) is 19.2 Å². The van der Waals surface area contributed by atoms with Crippen LogP contribution in [0.5, 0.6) is 0 Å². The molecule has 10 nitrogen and oxygen atoms in total. The van der Waals surface area contributed by atoms with E-state index >= 15 is 0 Å². The number of ether oxygens (including phenoxy) is 3. The highest BCUT2D eigenvalue weighted by atomic mass is 16.6. The second-order valence-corrected chi connectivity index (χ2v) is 7.37. The summed E-state index contributed by atoms with van der Waals surface area (Å²) in [6, 6.07) is -0.0780. The number of alkyl carbamates (subject to hydrolysis) is 1. The smallest absolute Gasteiger partial charge is 0.409 e. The third-order valence-electron chi connectivity index (χ3n) is 3.75. The zero-order valence-electron chi connectivity index (χ0n) is 17.0. The molecule has 1 heterocycles. The number of nitrogens with zero attached hydrogens (tertiary/aromatic N) is 1. The topological polar surface area (TPSA) is 123 Å². The molecule has 1 aliphatic rings. The van der Waals surface area contributed by atoms with E-state index in [2.05, 4.69) is 10.6 Å². The van der Waals surface area contributed by atoms with E-state index in [1.807, 2.05) is 0 Å². The summed E-state index contributed by atoms with van der Waals surface area (Å²) in [7, 11) is 0. The fourth-order valence-electron chi connectivity index (χ4n) is 2.49. The molecular weight excluding hydrogens is 370 g/mol. The van der Waals surface area contributed by atoms with Crippen molar-refractivity contribution in [3.8, 4) is 0 Å². The molecule has 10 heteroatoms. The second-order valence-electron chi connectivity index (χ2n) is 7.37. The maximum absolute atomic E-state index is 11.9. The lowest BCUT2D eigenvalue weighted by molar-refractivity contribution is -0.148. The fraction of sp³-hybridized carbons (Fsp3) is 0.778. The van der Waals surface area contributed by atoms with Gasteiger partial charge in [-0.2, -0.15) is 0 Å². The van der Waals surface area contributed by atoms with Gasteiger partial charge in [0.05, 0.1) is 13.0 Å². The summed E-state index contributed by atoms with van der Waals surface area (Å²) in [6.07, 6.45) is 0.189. The SMILES string of the molecule is CCOC(=O)N1CCC(NC(=O)COC(=O)CCNC(=O)OC(C)(C)C)CC1. The van der Waals surface area contributed by atoms with Crippen molar-refractivity contribution in [2.75, 3.05) is 32.8 Å². The van der Waals surface area contributed by atoms with Crippen LogP contribution in [0.25, 0.3) is 0 Å². The molecule has 0 aromatic heterocycles. The molecule has 0 atom stereocenters. The molecule has 1 rings (SSSR count). The molecule has 0 saturated carbocycles. The molecule has 1 fully saturated rings. The normalized spacial score (nSPS) is 14.8. The van der Waals surface area contributed by atoms with Gasteiger partial charge in [0, 0.05) is 25.7 Å². The van der Waals surface area contributed by atoms with Gasteiger partial charge in [0.15, 0.2) is 6.61 Å². The molecule has 2 N–H and O–H groups in total. The first kappa shape index (κ1) is 23.5. The van der Waals surface area contributed by atoms with Gasteiger partial charge in [-0.25, -0.2) is 9.59 Å². The minimum Gasteiger partial charge on any atom is -0.456 e. The maximum atomic E-state index is 11.9. The molecule has 0 aromatic rings. The van der Waals surface area contributed by atoms with E-state index in [-0.39, 0.29) is 31.7 Å². The molecular formula is C18H31N3O7. The van der Waals surface area contributed by atoms with E-state index in [0.29, 0.717) is 32.5 Å². The van der Waals surface area contributed by atoms with Gasteiger partial charge in [-0.1, -0.05) is 0 Å². The number of carbonyl (C=O) groups excluding carboxylic acids is 4. The van der Waals surface area contributed by atoms with Crippen molar-refractivity contribution in [3.05, 3.63) is 0 Å². The number of esters is 1. The predicted molar refractivity (Wildman–Crippen MR) is 99.6 cm³/mol. The van der Waals surface area contributed by atoms with Gasteiger partial charge in [-0.3, -0.25) is 9.59 Å². The average molecular weight is 401 g/mol. The van der Waals surface area contributed by atoms with Gasteiger partial charge in [0.25, 0.3) is 5.91 Å². The van der Waals surface area contributed by atoms with Crippen molar-refractivity contribution < 1.29 is 33.4 Å². The maximum Gasteiger partial charge on any atom is 0.409 e. The fourth-order valence-corrected chi connectivity index (χ4v) is 2.49. The van der Waals surface area contributed by atoms with Crippen LogP contribution in [0.3, 0.4) is 0 Å².